The van der Waals surface area contributed by atoms with Gasteiger partial charge in [-0.3, -0.25) is 4.79 Å². The number of rotatable bonds is 9. The van der Waals surface area contributed by atoms with Gasteiger partial charge in [0.15, 0.2) is 5.17 Å². The molecule has 1 atom stereocenters. The molecule has 0 bridgehead atoms. The van der Waals surface area contributed by atoms with Crippen LogP contribution in [0.4, 0.5) is 0 Å². The molecule has 0 aromatic heterocycles. The molecule has 1 amide bonds. The molecule has 0 aliphatic carbocycles. The first-order valence-electron chi connectivity index (χ1n) is 11.6. The third-order valence-corrected chi connectivity index (χ3v) is 6.87. The summed E-state index contributed by atoms with van der Waals surface area (Å²) in [5, 5.41) is 2.65. The first-order valence-corrected chi connectivity index (χ1v) is 12.4. The number of amidine groups is 1. The molecule has 7 nitrogen and oxygen atoms in total. The molecule has 8 heteroatoms. The van der Waals surface area contributed by atoms with Crippen molar-refractivity contribution >= 4 is 28.8 Å². The van der Waals surface area contributed by atoms with Crippen LogP contribution in [0.15, 0.2) is 94.6 Å². The number of allylic oxidation sites excluding steroid dienone is 1. The van der Waals surface area contributed by atoms with Crippen LogP contribution in [0, 0.1) is 0 Å². The fourth-order valence-electron chi connectivity index (χ4n) is 4.21. The van der Waals surface area contributed by atoms with Gasteiger partial charge in [0.25, 0.3) is 0 Å². The predicted octanol–water partition coefficient (Wildman–Crippen LogP) is 5.05. The summed E-state index contributed by atoms with van der Waals surface area (Å²) >= 11 is 1.45. The number of ether oxygens (including phenoxy) is 2. The summed E-state index contributed by atoms with van der Waals surface area (Å²) in [6.07, 6.45) is 1.70. The lowest BCUT2D eigenvalue weighted by molar-refractivity contribution is -0.138. The first-order chi connectivity index (χ1) is 17.4. The van der Waals surface area contributed by atoms with E-state index in [0.29, 0.717) is 28.7 Å². The summed E-state index contributed by atoms with van der Waals surface area (Å²) in [4.78, 5) is 34.8. The average molecular weight is 504 g/mol. The molecule has 2 aliphatic heterocycles. The molecule has 0 radical (unpaired) electrons. The zero-order chi connectivity index (χ0) is 25.7. The number of nitrogens with zero attached hydrogens (tertiary/aromatic N) is 3. The Morgan fingerprint density at radius 2 is 1.97 bits per heavy atom. The first kappa shape index (κ1) is 25.3. The summed E-state index contributed by atoms with van der Waals surface area (Å²) in [6, 6.07) is 16.9. The Bertz CT molecular complexity index is 1250. The van der Waals surface area contributed by atoms with Crippen molar-refractivity contribution in [3.8, 4) is 5.75 Å². The van der Waals surface area contributed by atoms with Gasteiger partial charge in [0.05, 0.1) is 30.8 Å². The summed E-state index contributed by atoms with van der Waals surface area (Å²) in [5.74, 6) is 0.175. The van der Waals surface area contributed by atoms with E-state index in [0.717, 1.165) is 16.8 Å². The molecular weight excluding hydrogens is 474 g/mol. The van der Waals surface area contributed by atoms with E-state index >= 15 is 0 Å². The number of esters is 1. The number of hydrogen-bond donors (Lipinski definition) is 0. The number of benzene rings is 2. The Morgan fingerprint density at radius 3 is 2.69 bits per heavy atom. The maximum absolute atomic E-state index is 13.2. The fraction of sp³-hybridized carbons (Fsp3) is 0.250. The van der Waals surface area contributed by atoms with Crippen LogP contribution in [0.5, 0.6) is 5.75 Å². The van der Waals surface area contributed by atoms with Crippen LogP contribution in [0.3, 0.4) is 0 Å². The predicted molar refractivity (Wildman–Crippen MR) is 142 cm³/mol. The topological polar surface area (TPSA) is 71.4 Å². The zero-order valence-electron chi connectivity index (χ0n) is 20.6. The molecule has 2 aliphatic rings. The Hall–Kier alpha value is -3.78. The lowest BCUT2D eigenvalue weighted by Gasteiger charge is -2.36. The fourth-order valence-corrected chi connectivity index (χ4v) is 5.17. The highest BCUT2D eigenvalue weighted by molar-refractivity contribution is 8.16. The largest absolute Gasteiger partial charge is 0.497 e. The number of fused-ring (bicyclic) bond motifs is 1. The van der Waals surface area contributed by atoms with E-state index in [1.807, 2.05) is 64.9 Å². The van der Waals surface area contributed by atoms with Crippen LogP contribution in [0.1, 0.15) is 30.5 Å². The molecule has 2 aromatic rings. The van der Waals surface area contributed by atoms with Gasteiger partial charge in [0.2, 0.25) is 5.91 Å². The zero-order valence-corrected chi connectivity index (χ0v) is 21.5. The Labute approximate surface area is 215 Å². The van der Waals surface area contributed by atoms with Crippen molar-refractivity contribution in [3.63, 3.8) is 0 Å². The van der Waals surface area contributed by atoms with Gasteiger partial charge >= 0.3 is 5.97 Å². The van der Waals surface area contributed by atoms with Crippen molar-refractivity contribution in [1.82, 2.24) is 9.80 Å². The van der Waals surface area contributed by atoms with Gasteiger partial charge in [-0.1, -0.05) is 66.9 Å². The van der Waals surface area contributed by atoms with Crippen molar-refractivity contribution in [2.45, 2.75) is 25.9 Å². The maximum Gasteiger partial charge on any atom is 0.338 e. The number of amides is 1. The van der Waals surface area contributed by atoms with Crippen LogP contribution < -0.4 is 4.74 Å². The Balaban J connectivity index is 1.65. The number of carbonyl (C=O) groups excluding carboxylic acids is 2. The molecule has 0 saturated carbocycles. The molecule has 0 saturated heterocycles. The SMILES string of the molecule is C=CCOC(=O)C1=C(C)N=C2SC=C(CC(=O)N(C)Cc3ccccc3)N2C1c1cccc(OC)c1. The molecule has 36 heavy (non-hydrogen) atoms. The third kappa shape index (κ3) is 5.39. The quantitative estimate of drug-likeness (QED) is 0.352. The van der Waals surface area contributed by atoms with E-state index in [-0.39, 0.29) is 18.9 Å². The van der Waals surface area contributed by atoms with Crippen molar-refractivity contribution in [1.29, 1.82) is 0 Å². The summed E-state index contributed by atoms with van der Waals surface area (Å²) < 4.78 is 10.9. The molecule has 0 fully saturated rings. The highest BCUT2D eigenvalue weighted by Gasteiger charge is 2.41. The van der Waals surface area contributed by atoms with E-state index in [2.05, 4.69) is 6.58 Å². The molecule has 186 valence electrons. The lowest BCUT2D eigenvalue weighted by atomic mass is 9.93. The van der Waals surface area contributed by atoms with E-state index < -0.39 is 12.0 Å². The minimum absolute atomic E-state index is 0.0293. The minimum atomic E-state index is -0.515. The highest BCUT2D eigenvalue weighted by atomic mass is 32.2. The van der Waals surface area contributed by atoms with Crippen molar-refractivity contribution in [2.24, 2.45) is 4.99 Å². The normalized spacial score (nSPS) is 16.6. The summed E-state index contributed by atoms with van der Waals surface area (Å²) in [6.45, 7) is 6.05. The summed E-state index contributed by atoms with van der Waals surface area (Å²) in [5.41, 5.74) is 3.68. The van der Waals surface area contributed by atoms with Crippen LogP contribution in [-0.2, 0) is 20.9 Å². The molecule has 1 unspecified atom stereocenters. The average Bonchev–Trinajstić information content (AvgIpc) is 3.28. The summed E-state index contributed by atoms with van der Waals surface area (Å²) in [7, 11) is 3.40. The van der Waals surface area contributed by atoms with Crippen molar-refractivity contribution in [3.05, 3.63) is 101 Å². The molecule has 2 aromatic carbocycles. The number of hydrogen-bond acceptors (Lipinski definition) is 7. The molecule has 2 heterocycles. The standard InChI is InChI=1S/C28H29N3O4S/c1-5-14-35-27(33)25-19(2)29-28-31(26(25)21-12-9-13-23(15-21)34-4)22(18-36-28)16-24(32)30(3)17-20-10-7-6-8-11-20/h5-13,15,18,26H,1,14,16-17H2,2-4H3. The van der Waals surface area contributed by atoms with Crippen molar-refractivity contribution in [2.75, 3.05) is 20.8 Å². The van der Waals surface area contributed by atoms with Crippen LogP contribution in [-0.4, -0.2) is 47.6 Å². The molecule has 4 rings (SSSR count). The van der Waals surface area contributed by atoms with Gasteiger partial charge in [0, 0.05) is 19.3 Å². The molecule has 0 spiro atoms. The van der Waals surface area contributed by atoms with Gasteiger partial charge in [-0.05, 0) is 35.6 Å². The van der Waals surface area contributed by atoms with E-state index in [1.165, 1.54) is 17.8 Å². The Morgan fingerprint density at radius 1 is 1.19 bits per heavy atom. The van der Waals surface area contributed by atoms with Crippen LogP contribution in [0.25, 0.3) is 0 Å². The van der Waals surface area contributed by atoms with Crippen LogP contribution >= 0.6 is 11.8 Å². The minimum Gasteiger partial charge on any atom is -0.497 e. The third-order valence-electron chi connectivity index (χ3n) is 5.98. The smallest absolute Gasteiger partial charge is 0.338 e. The number of methoxy groups -OCH3 is 1. The molecule has 0 N–H and O–H groups in total. The second-order valence-corrected chi connectivity index (χ2v) is 9.31. The highest BCUT2D eigenvalue weighted by Crippen LogP contribution is 2.45. The number of aliphatic imine (C=N–C) groups is 1. The monoisotopic (exact) mass is 503 g/mol. The number of carbonyl (C=O) groups is 2. The van der Waals surface area contributed by atoms with E-state index in [9.17, 15) is 9.59 Å². The van der Waals surface area contributed by atoms with Gasteiger partial charge in [-0.25, -0.2) is 9.79 Å². The van der Waals surface area contributed by atoms with Gasteiger partial charge in [-0.2, -0.15) is 0 Å². The Kier molecular flexibility index (Phi) is 7.95. The van der Waals surface area contributed by atoms with Crippen molar-refractivity contribution < 1.29 is 19.1 Å². The second-order valence-electron chi connectivity index (χ2n) is 8.47. The maximum atomic E-state index is 13.2. The van der Waals surface area contributed by atoms with Crippen LogP contribution in [0.2, 0.25) is 0 Å². The number of thioether (sulfide) groups is 1. The van der Waals surface area contributed by atoms with Gasteiger partial charge < -0.3 is 19.3 Å². The van der Waals surface area contributed by atoms with E-state index in [1.54, 1.807) is 26.0 Å². The molecular formula is C28H29N3O4S. The van der Waals surface area contributed by atoms with Gasteiger partial charge in [-0.15, -0.1) is 0 Å². The van der Waals surface area contributed by atoms with Gasteiger partial charge in [0.1, 0.15) is 12.4 Å². The van der Waals surface area contributed by atoms with E-state index in [4.69, 9.17) is 14.5 Å². The second kappa shape index (κ2) is 11.3. The lowest BCUT2D eigenvalue weighted by Crippen LogP contribution is -2.38.